The highest BCUT2D eigenvalue weighted by atomic mass is 32.2. The van der Waals surface area contributed by atoms with Crippen LogP contribution in [0.1, 0.15) is 81.2 Å². The highest BCUT2D eigenvalue weighted by Crippen LogP contribution is 2.34. The summed E-state index contributed by atoms with van der Waals surface area (Å²) in [4.78, 5) is 13.3. The number of amides is 2. The van der Waals surface area contributed by atoms with E-state index in [2.05, 4.69) is 22.2 Å². The Hall–Kier alpha value is -3.00. The molecule has 0 fully saturated rings. The fourth-order valence-corrected chi connectivity index (χ4v) is 3.76. The third kappa shape index (κ3) is 6.24. The van der Waals surface area contributed by atoms with Gasteiger partial charge in [-0.25, -0.2) is 4.79 Å². The number of benzene rings is 2. The van der Waals surface area contributed by atoms with Crippen LogP contribution < -0.4 is 10.0 Å². The number of nitrogens with zero attached hydrogens (tertiary/aromatic N) is 2. The van der Waals surface area contributed by atoms with Gasteiger partial charge >= 0.3 is 6.03 Å². The molecule has 2 rings (SSSR count). The Morgan fingerprint density at radius 2 is 1.48 bits per heavy atom. The van der Waals surface area contributed by atoms with Gasteiger partial charge in [0.25, 0.3) is 0 Å². The molecule has 0 spiro atoms. The summed E-state index contributed by atoms with van der Waals surface area (Å²) in [7, 11) is 0. The third-order valence-electron chi connectivity index (χ3n) is 4.81. The molecule has 3 N–H and O–H groups in total. The maximum absolute atomic E-state index is 12.7. The summed E-state index contributed by atoms with van der Waals surface area (Å²) < 4.78 is 2.75. The van der Waals surface area contributed by atoms with Crippen molar-refractivity contribution in [3.63, 3.8) is 0 Å². The van der Waals surface area contributed by atoms with Crippen molar-refractivity contribution >= 4 is 23.7 Å². The number of nitrogens with one attached hydrogen (secondary N) is 2. The van der Waals surface area contributed by atoms with Gasteiger partial charge in [0.1, 0.15) is 0 Å². The molecule has 0 saturated heterocycles. The van der Waals surface area contributed by atoms with E-state index in [1.54, 1.807) is 32.0 Å². The number of carbonyl (C=O) groups excluding carboxylic acids is 1. The predicted molar refractivity (Wildman–Crippen MR) is 124 cm³/mol. The minimum Gasteiger partial charge on any atom is -0.386 e. The van der Waals surface area contributed by atoms with E-state index in [9.17, 15) is 20.4 Å². The zero-order valence-electron chi connectivity index (χ0n) is 18.7. The van der Waals surface area contributed by atoms with Gasteiger partial charge in [-0.15, -0.1) is 0 Å². The van der Waals surface area contributed by atoms with Crippen LogP contribution in [0.2, 0.25) is 0 Å². The maximum Gasteiger partial charge on any atom is 0.329 e. The van der Waals surface area contributed by atoms with E-state index in [0.717, 1.165) is 23.1 Å². The molecule has 2 aromatic carbocycles. The van der Waals surface area contributed by atoms with Crippen molar-refractivity contribution < 1.29 is 9.90 Å². The summed E-state index contributed by atoms with van der Waals surface area (Å²) >= 11 is 1.07. The molecule has 0 aliphatic heterocycles. The predicted octanol–water partition coefficient (Wildman–Crippen LogP) is 5.73. The van der Waals surface area contributed by atoms with E-state index in [1.807, 2.05) is 39.8 Å². The molecule has 0 saturated carbocycles. The van der Waals surface area contributed by atoms with Gasteiger partial charge in [0.2, 0.25) is 0 Å². The van der Waals surface area contributed by atoms with Crippen LogP contribution in [0.4, 0.5) is 10.5 Å². The quantitative estimate of drug-likeness (QED) is 0.501. The van der Waals surface area contributed by atoms with E-state index < -0.39 is 11.6 Å². The molecule has 2 aromatic rings. The summed E-state index contributed by atoms with van der Waals surface area (Å²) in [5.74, 6) is 0.241. The summed E-state index contributed by atoms with van der Waals surface area (Å²) in [5, 5.41) is 31.8. The van der Waals surface area contributed by atoms with Gasteiger partial charge in [0, 0.05) is 10.6 Å². The van der Waals surface area contributed by atoms with Crippen molar-refractivity contribution in [2.75, 3.05) is 5.32 Å². The average molecular weight is 437 g/mol. The lowest BCUT2D eigenvalue weighted by atomic mass is 9.90. The molecule has 6 nitrogen and oxygen atoms in total. The van der Waals surface area contributed by atoms with E-state index in [1.165, 1.54) is 0 Å². The molecular formula is C24H28N4O2S. The molecule has 7 heteroatoms. The van der Waals surface area contributed by atoms with Crippen LogP contribution in [0.25, 0.3) is 0 Å². The number of aliphatic hydroxyl groups is 1. The Kier molecular flexibility index (Phi) is 7.73. The van der Waals surface area contributed by atoms with Gasteiger partial charge in [-0.3, -0.25) is 4.72 Å². The topological polar surface area (TPSA) is 109 Å². The van der Waals surface area contributed by atoms with Gasteiger partial charge in [-0.2, -0.15) is 10.5 Å². The highest BCUT2D eigenvalue weighted by Gasteiger charge is 2.20. The molecule has 0 aliphatic rings. The normalized spacial score (nSPS) is 11.2. The second-order valence-corrected chi connectivity index (χ2v) is 9.41. The minimum atomic E-state index is -1.11. The molecule has 0 unspecified atom stereocenters. The fraction of sp³-hybridized carbons (Fsp3) is 0.375. The number of hydrogen-bond donors (Lipinski definition) is 3. The second kappa shape index (κ2) is 9.87. The van der Waals surface area contributed by atoms with Crippen LogP contribution in [0, 0.1) is 22.7 Å². The SMILES string of the molecule is CC(C)c1cc(C#N)cc(C(C)C)c1NC(=O)NSc1cc(C#N)cc(C(C)(C)O)c1. The lowest BCUT2D eigenvalue weighted by molar-refractivity contribution is 0.0783. The molecule has 0 bridgehead atoms. The molecule has 0 aromatic heterocycles. The first-order valence-electron chi connectivity index (χ1n) is 10.1. The Morgan fingerprint density at radius 1 is 0.968 bits per heavy atom. The molecular weight excluding hydrogens is 408 g/mol. The van der Waals surface area contributed by atoms with Gasteiger partial charge < -0.3 is 10.4 Å². The van der Waals surface area contributed by atoms with Crippen molar-refractivity contribution in [2.24, 2.45) is 0 Å². The first kappa shape index (κ1) is 24.3. The number of rotatable bonds is 6. The molecule has 162 valence electrons. The highest BCUT2D eigenvalue weighted by molar-refractivity contribution is 7.98. The van der Waals surface area contributed by atoms with Crippen LogP contribution >= 0.6 is 11.9 Å². The Labute approximate surface area is 188 Å². The molecule has 0 atom stereocenters. The number of urea groups is 1. The van der Waals surface area contributed by atoms with Gasteiger partial charge in [-0.05, 0) is 84.7 Å². The largest absolute Gasteiger partial charge is 0.386 e. The van der Waals surface area contributed by atoms with Crippen molar-refractivity contribution in [2.45, 2.75) is 63.9 Å². The fourth-order valence-electron chi connectivity index (χ4n) is 3.13. The monoisotopic (exact) mass is 436 g/mol. The summed E-state index contributed by atoms with van der Waals surface area (Å²) in [6, 6.07) is 12.5. The first-order valence-corrected chi connectivity index (χ1v) is 10.9. The maximum atomic E-state index is 12.7. The first-order chi connectivity index (χ1) is 14.5. The van der Waals surface area contributed by atoms with Crippen molar-refractivity contribution in [1.29, 1.82) is 10.5 Å². The zero-order valence-corrected chi connectivity index (χ0v) is 19.5. The van der Waals surface area contributed by atoms with Gasteiger partial charge in [-0.1, -0.05) is 27.7 Å². The van der Waals surface area contributed by atoms with Crippen molar-refractivity contribution in [1.82, 2.24) is 4.72 Å². The Balaban J connectivity index is 2.28. The van der Waals surface area contributed by atoms with Gasteiger partial charge in [0.05, 0.1) is 28.9 Å². The zero-order chi connectivity index (χ0) is 23.3. The van der Waals surface area contributed by atoms with Crippen LogP contribution in [0.3, 0.4) is 0 Å². The average Bonchev–Trinajstić information content (AvgIpc) is 2.70. The molecule has 0 radical (unpaired) electrons. The van der Waals surface area contributed by atoms with Crippen LogP contribution in [-0.2, 0) is 5.60 Å². The number of hydrogen-bond acceptors (Lipinski definition) is 5. The number of carbonyl (C=O) groups is 1. The van der Waals surface area contributed by atoms with Crippen molar-refractivity contribution in [3.05, 3.63) is 58.1 Å². The Bertz CT molecular complexity index is 1030. The van der Waals surface area contributed by atoms with E-state index in [0.29, 0.717) is 27.3 Å². The lowest BCUT2D eigenvalue weighted by Crippen LogP contribution is -2.25. The van der Waals surface area contributed by atoms with Crippen molar-refractivity contribution in [3.8, 4) is 12.1 Å². The molecule has 31 heavy (non-hydrogen) atoms. The molecule has 0 aliphatic carbocycles. The molecule has 2 amide bonds. The number of nitriles is 2. The van der Waals surface area contributed by atoms with Crippen LogP contribution in [-0.4, -0.2) is 11.1 Å². The van der Waals surface area contributed by atoms with Gasteiger partial charge in [0.15, 0.2) is 0 Å². The summed E-state index contributed by atoms with van der Waals surface area (Å²) in [6.45, 7) is 11.4. The second-order valence-electron chi connectivity index (χ2n) is 8.53. The Morgan fingerprint density at radius 3 is 1.94 bits per heavy atom. The number of anilines is 1. The molecule has 0 heterocycles. The lowest BCUT2D eigenvalue weighted by Gasteiger charge is -2.21. The third-order valence-corrected chi connectivity index (χ3v) is 5.57. The summed E-state index contributed by atoms with van der Waals surface area (Å²) in [6.07, 6.45) is 0. The summed E-state index contributed by atoms with van der Waals surface area (Å²) in [5.41, 5.74) is 2.97. The minimum absolute atomic E-state index is 0.121. The smallest absolute Gasteiger partial charge is 0.329 e. The van der Waals surface area contributed by atoms with Crippen LogP contribution in [0.5, 0.6) is 0 Å². The van der Waals surface area contributed by atoms with E-state index in [4.69, 9.17) is 0 Å². The van der Waals surface area contributed by atoms with Crippen LogP contribution in [0.15, 0.2) is 35.2 Å². The van der Waals surface area contributed by atoms with E-state index in [-0.39, 0.29) is 11.8 Å². The standard InChI is InChI=1S/C24H28N4O2S/c1-14(2)20-9-17(13-26)10-21(15(3)4)22(20)27-23(29)28-31-19-8-16(12-25)7-18(11-19)24(5,6)30/h7-11,14-15,30H,1-6H3,(H2,27,28,29). The van der Waals surface area contributed by atoms with E-state index >= 15 is 0 Å².